The van der Waals surface area contributed by atoms with Gasteiger partial charge in [0.2, 0.25) is 0 Å². The van der Waals surface area contributed by atoms with Crippen LogP contribution in [0.25, 0.3) is 51.3 Å². The molecule has 0 saturated carbocycles. The van der Waals surface area contributed by atoms with E-state index in [0.717, 1.165) is 44.8 Å². The Hall–Kier alpha value is -14.7. The van der Waals surface area contributed by atoms with Gasteiger partial charge < -0.3 is 24.8 Å². The molecule has 0 atom stereocenters. The molecular weight excluding hydrogens is 1260 g/mol. The van der Waals surface area contributed by atoms with Gasteiger partial charge in [0.1, 0.15) is 28.7 Å². The number of rotatable bonds is 10. The second-order valence-corrected chi connectivity index (χ2v) is 21.4. The fourth-order valence-electron chi connectivity index (χ4n) is 8.39. The van der Waals surface area contributed by atoms with E-state index in [9.17, 15) is 9.59 Å². The number of nitrogens with zero attached hydrogens (tertiary/aromatic N) is 8. The topological polar surface area (TPSA) is 164 Å². The van der Waals surface area contributed by atoms with E-state index >= 15 is 0 Å². The van der Waals surface area contributed by atoms with Gasteiger partial charge in [0.15, 0.2) is 34.1 Å². The molecule has 12 rings (SSSR count). The molecule has 0 aliphatic rings. The highest BCUT2D eigenvalue weighted by Crippen LogP contribution is 2.27. The Morgan fingerprint density at radius 1 is 0.297 bits per heavy atom. The molecule has 0 spiro atoms. The maximum atomic E-state index is 11.8. The van der Waals surface area contributed by atoms with Crippen LogP contribution in [0.4, 0.5) is 45.5 Å². The third kappa shape index (κ3) is 25.8. The first kappa shape index (κ1) is 75.3. The molecule has 101 heavy (non-hydrogen) atoms. The molecular formula is C86H66N8O7. The van der Waals surface area contributed by atoms with Crippen LogP contribution in [0.1, 0.15) is 56.0 Å². The van der Waals surface area contributed by atoms with Crippen LogP contribution < -0.4 is 9.47 Å². The molecule has 0 radical (unpaired) electrons. The van der Waals surface area contributed by atoms with E-state index in [0.29, 0.717) is 56.8 Å². The molecule has 0 saturated heterocycles. The van der Waals surface area contributed by atoms with Crippen molar-refractivity contribution in [1.82, 2.24) is 0 Å². The fourth-order valence-corrected chi connectivity index (χ4v) is 8.39. The Bertz CT molecular complexity index is 4630. The number of aryl methyl sites for hydroxylation is 3. The van der Waals surface area contributed by atoms with Gasteiger partial charge in [-0.3, -0.25) is 9.98 Å². The van der Waals surface area contributed by atoms with E-state index in [1.165, 1.54) is 53.1 Å². The van der Waals surface area contributed by atoms with Crippen LogP contribution in [0.15, 0.2) is 301 Å². The predicted octanol–water partition coefficient (Wildman–Crippen LogP) is 23.4. The van der Waals surface area contributed by atoms with Crippen LogP contribution in [-0.4, -0.2) is 39.7 Å². The van der Waals surface area contributed by atoms with E-state index in [1.54, 1.807) is 140 Å². The molecule has 0 fully saturated rings. The van der Waals surface area contributed by atoms with Crippen molar-refractivity contribution in [3.05, 3.63) is 399 Å². The molecule has 0 heterocycles. The molecule has 12 aromatic carbocycles. The summed E-state index contributed by atoms with van der Waals surface area (Å²) >= 11 is 0. The Balaban J connectivity index is 0.000000191. The minimum Gasteiger partial charge on any atom is -0.508 e. The van der Waals surface area contributed by atoms with Gasteiger partial charge in [-0.25, -0.2) is 38.7 Å². The number of hydrogen-bond donors (Lipinski definition) is 3. The minimum absolute atomic E-state index is 0. The summed E-state index contributed by atoms with van der Waals surface area (Å²) in [5.41, 5.74) is 16.0. The lowest BCUT2D eigenvalue weighted by Crippen LogP contribution is -2.07. The average molecular weight is 1320 g/mol. The van der Waals surface area contributed by atoms with E-state index in [2.05, 4.69) is 89.3 Å². The van der Waals surface area contributed by atoms with Gasteiger partial charge in [0, 0.05) is 12.4 Å². The summed E-state index contributed by atoms with van der Waals surface area (Å²) in [6.07, 6.45) is 3.54. The van der Waals surface area contributed by atoms with Crippen molar-refractivity contribution in [2.75, 3.05) is 0 Å². The van der Waals surface area contributed by atoms with E-state index in [1.807, 2.05) is 98.1 Å². The van der Waals surface area contributed by atoms with E-state index < -0.39 is 11.9 Å². The molecule has 0 aromatic heterocycles. The summed E-state index contributed by atoms with van der Waals surface area (Å²) in [4.78, 5) is 52.0. The Kier molecular flexibility index (Phi) is 29.7. The lowest BCUT2D eigenvalue weighted by molar-refractivity contribution is 0.0725. The van der Waals surface area contributed by atoms with Gasteiger partial charge in [-0.2, -0.15) is 0 Å². The van der Waals surface area contributed by atoms with Gasteiger partial charge in [-0.15, -0.1) is 0 Å². The highest BCUT2D eigenvalue weighted by Gasteiger charge is 2.10. The zero-order valence-electron chi connectivity index (χ0n) is 54.4. The number of ether oxygens (including phenoxy) is 2. The maximum absolute atomic E-state index is 11.8. The smallest absolute Gasteiger partial charge is 0.343 e. The van der Waals surface area contributed by atoms with Crippen molar-refractivity contribution < 1.29 is 34.4 Å². The molecule has 0 amide bonds. The number of benzene rings is 12. The van der Waals surface area contributed by atoms with Crippen LogP contribution >= 0.6 is 0 Å². The van der Waals surface area contributed by atoms with Crippen molar-refractivity contribution in [3.8, 4) is 51.0 Å². The van der Waals surface area contributed by atoms with E-state index in [4.69, 9.17) is 64.2 Å². The van der Waals surface area contributed by atoms with Crippen molar-refractivity contribution in [2.24, 2.45) is 9.98 Å². The van der Waals surface area contributed by atoms with Gasteiger partial charge in [-0.1, -0.05) is 218 Å². The second-order valence-electron chi connectivity index (χ2n) is 21.4. The Morgan fingerprint density at radius 3 is 0.802 bits per heavy atom. The van der Waals surface area contributed by atoms with Crippen LogP contribution in [0.5, 0.6) is 28.7 Å². The van der Waals surface area contributed by atoms with Crippen molar-refractivity contribution >= 4 is 69.9 Å². The summed E-state index contributed by atoms with van der Waals surface area (Å²) in [5.74, 6) is 0.552. The summed E-state index contributed by atoms with van der Waals surface area (Å²) in [7, 11) is 0. The zero-order valence-corrected chi connectivity index (χ0v) is 54.4. The third-order valence-electron chi connectivity index (χ3n) is 14.0. The fraction of sp³-hybridized carbons (Fsp3) is 0.0465. The van der Waals surface area contributed by atoms with Gasteiger partial charge in [0.25, 0.3) is 0 Å². The van der Waals surface area contributed by atoms with Crippen molar-refractivity contribution in [2.45, 2.75) is 28.2 Å². The molecule has 3 N–H and O–H groups in total. The summed E-state index contributed by atoms with van der Waals surface area (Å²) in [6.45, 7) is 47.1. The zero-order chi connectivity index (χ0) is 71.4. The molecule has 15 heteroatoms. The summed E-state index contributed by atoms with van der Waals surface area (Å²) < 4.78 is 10.3. The SMILES string of the molecule is C.[C-]#[N+]c1ccc(-c2ccc(C)cc2)cc1.[C-]#[N+]c1ccc(-c2ccc(O)cc2)cc1.[C-]#[N+]c1ccc(C(=O)Oc2ccc(C)cc2)cc1.[C-]#[N+]c1ccc(C(=O)Oc2ccc(O)cc2)cc1.[C-]#[N+]c1ccc(N=Cc2ccc(C)cc2)cc1.[C-]#[N+]c1ccc(N=Cc2ccc(O)cc2)cc1. The van der Waals surface area contributed by atoms with E-state index in [-0.39, 0.29) is 24.7 Å². The summed E-state index contributed by atoms with van der Waals surface area (Å²) in [5, 5.41) is 27.4. The first-order valence-corrected chi connectivity index (χ1v) is 30.5. The quantitative estimate of drug-likeness (QED) is 0.0531. The molecule has 0 aliphatic carbocycles. The van der Waals surface area contributed by atoms with Crippen LogP contribution in [0.3, 0.4) is 0 Å². The van der Waals surface area contributed by atoms with Crippen molar-refractivity contribution in [3.63, 3.8) is 0 Å². The number of hydrogen-bond acceptors (Lipinski definition) is 9. The Morgan fingerprint density at radius 2 is 0.505 bits per heavy atom. The Labute approximate surface area is 589 Å². The first-order chi connectivity index (χ1) is 48.5. The molecule has 15 nitrogen and oxygen atoms in total. The molecule has 0 unspecified atom stereocenters. The normalized spacial score (nSPS) is 9.71. The first-order valence-electron chi connectivity index (χ1n) is 30.5. The molecule has 0 aliphatic heterocycles. The predicted molar refractivity (Wildman–Crippen MR) is 403 cm³/mol. The third-order valence-corrected chi connectivity index (χ3v) is 14.0. The summed E-state index contributed by atoms with van der Waals surface area (Å²) in [6, 6.07) is 85.4. The number of phenols is 3. The molecule has 492 valence electrons. The van der Waals surface area contributed by atoms with Gasteiger partial charge in [0.05, 0.1) is 61.9 Å². The largest absolute Gasteiger partial charge is 0.508 e. The maximum Gasteiger partial charge on any atom is 0.343 e. The number of carbonyl (C=O) groups excluding carboxylic acids is 2. The number of carbonyl (C=O) groups is 2. The van der Waals surface area contributed by atoms with Crippen LogP contribution in [0.2, 0.25) is 0 Å². The lowest BCUT2D eigenvalue weighted by atomic mass is 10.0. The number of aromatic hydroxyl groups is 3. The number of phenolic OH excluding ortho intramolecular Hbond substituents is 3. The van der Waals surface area contributed by atoms with Crippen molar-refractivity contribution in [1.29, 1.82) is 0 Å². The number of aliphatic imine (C=N–C) groups is 2. The van der Waals surface area contributed by atoms with Crippen LogP contribution in [-0.2, 0) is 0 Å². The minimum atomic E-state index is -0.503. The van der Waals surface area contributed by atoms with Gasteiger partial charge >= 0.3 is 11.9 Å². The second kappa shape index (κ2) is 39.8. The molecule has 12 aromatic rings. The average Bonchev–Trinajstić information content (AvgIpc) is 0.921. The highest BCUT2D eigenvalue weighted by molar-refractivity contribution is 5.92. The van der Waals surface area contributed by atoms with Gasteiger partial charge in [-0.05, 0) is 151 Å². The lowest BCUT2D eigenvalue weighted by Gasteiger charge is -2.04. The van der Waals surface area contributed by atoms with Crippen LogP contribution in [0, 0.1) is 60.2 Å². The molecule has 0 bridgehead atoms. The highest BCUT2D eigenvalue weighted by atomic mass is 16.5. The monoisotopic (exact) mass is 1320 g/mol. The number of esters is 2. The standard InChI is InChI=1S/C15H12N2.C15H11NO2.C14H10N2O.C14H9NO3.C14H11N.C13H9NO.CH4/c1-12-3-5-13(6-4-12)11-17-15-9-7-14(16-2)8-10-15;1-11-3-9-14(10-4-11)18-15(17)12-5-7-13(16-2)8-6-12;1-15-12-4-6-13(7-5-12)16-10-11-2-8-14(17)9-3-11;1-15-11-4-2-10(3-5-11)14(17)18-13-8-6-12(16)7-9-13;1-11-3-5-12(6-4-11)13-7-9-14(15-2)10-8-13;1-14-12-6-2-10(3-7-12)11-4-8-13(15)9-5-11;/h3-11H,1H3;3-10H,1H3;2-10,17H;2-9,16H;3-10H,1H3;2-9,15H;1H4.